The second-order valence-electron chi connectivity index (χ2n) is 4.46. The maximum Gasteiger partial charge on any atom is 0.434 e. The first-order valence-corrected chi connectivity index (χ1v) is 7.05. The minimum absolute atomic E-state index is 0.131. The molecule has 0 unspecified atom stereocenters. The SMILES string of the molecule is Cn1nc(C(=O)Nc2ccccc2OC(F)F)c(Br)c1C(F)(F)F. The van der Waals surface area contributed by atoms with Crippen molar-refractivity contribution in [2.24, 2.45) is 7.05 Å². The number of amides is 1. The molecule has 2 aromatic rings. The second kappa shape index (κ2) is 6.75. The number of nitrogens with zero attached hydrogens (tertiary/aromatic N) is 2. The Morgan fingerprint density at radius 1 is 1.33 bits per heavy atom. The molecule has 1 aromatic heterocycles. The summed E-state index contributed by atoms with van der Waals surface area (Å²) in [5, 5.41) is 5.71. The molecule has 0 radical (unpaired) electrons. The molecule has 5 nitrogen and oxygen atoms in total. The van der Waals surface area contributed by atoms with Gasteiger partial charge in [0.05, 0.1) is 10.2 Å². The van der Waals surface area contributed by atoms with Crippen LogP contribution in [0.4, 0.5) is 27.6 Å². The molecule has 0 bridgehead atoms. The summed E-state index contributed by atoms with van der Waals surface area (Å²) in [4.78, 5) is 12.1. The number of ether oxygens (including phenoxy) is 1. The molecule has 0 saturated heterocycles. The Morgan fingerprint density at radius 2 is 1.96 bits per heavy atom. The average Bonchev–Trinajstić information content (AvgIpc) is 2.75. The summed E-state index contributed by atoms with van der Waals surface area (Å²) in [5.41, 5.74) is -1.82. The Labute approximate surface area is 140 Å². The summed E-state index contributed by atoms with van der Waals surface area (Å²) in [7, 11) is 1.03. The van der Waals surface area contributed by atoms with Gasteiger partial charge in [0.2, 0.25) is 0 Å². The highest BCUT2D eigenvalue weighted by atomic mass is 79.9. The largest absolute Gasteiger partial charge is 0.434 e. The Balaban J connectivity index is 2.32. The standard InChI is InChI=1S/C13H9BrF5N3O2/c1-22-10(13(17,18)19)8(14)9(21-22)11(23)20-6-4-2-3-5-7(6)24-12(15)16/h2-5,12H,1H3,(H,20,23). The van der Waals surface area contributed by atoms with E-state index in [-0.39, 0.29) is 11.4 Å². The molecule has 0 spiro atoms. The highest BCUT2D eigenvalue weighted by Gasteiger charge is 2.39. The van der Waals surface area contributed by atoms with Crippen LogP contribution in [0.2, 0.25) is 0 Å². The molecule has 1 aromatic carbocycles. The van der Waals surface area contributed by atoms with E-state index in [1.807, 2.05) is 0 Å². The normalized spacial score (nSPS) is 11.7. The molecule has 1 N–H and O–H groups in total. The van der Waals surface area contributed by atoms with Gasteiger partial charge in [0.15, 0.2) is 11.4 Å². The quantitative estimate of drug-likeness (QED) is 0.769. The van der Waals surface area contributed by atoms with Crippen molar-refractivity contribution < 1.29 is 31.5 Å². The zero-order chi connectivity index (χ0) is 18.1. The predicted octanol–water partition coefficient (Wildman–Crippen LogP) is 4.06. The van der Waals surface area contributed by atoms with E-state index in [1.165, 1.54) is 24.3 Å². The lowest BCUT2D eigenvalue weighted by Gasteiger charge is -2.11. The number of benzene rings is 1. The summed E-state index contributed by atoms with van der Waals surface area (Å²) in [5.74, 6) is -1.35. The van der Waals surface area contributed by atoms with Crippen molar-refractivity contribution >= 4 is 27.5 Å². The molecule has 130 valence electrons. The molecule has 0 aliphatic heterocycles. The third-order valence-electron chi connectivity index (χ3n) is 2.82. The molecule has 24 heavy (non-hydrogen) atoms. The molecule has 1 amide bonds. The molecule has 0 atom stereocenters. The van der Waals surface area contributed by atoms with Crippen LogP contribution in [0.25, 0.3) is 0 Å². The Morgan fingerprint density at radius 3 is 2.50 bits per heavy atom. The highest BCUT2D eigenvalue weighted by molar-refractivity contribution is 9.10. The third-order valence-corrected chi connectivity index (χ3v) is 3.58. The Hall–Kier alpha value is -2.17. The number of rotatable bonds is 4. The lowest BCUT2D eigenvalue weighted by Crippen LogP contribution is -2.15. The predicted molar refractivity (Wildman–Crippen MR) is 76.9 cm³/mol. The lowest BCUT2D eigenvalue weighted by molar-refractivity contribution is -0.144. The summed E-state index contributed by atoms with van der Waals surface area (Å²) in [6.07, 6.45) is -4.73. The van der Waals surface area contributed by atoms with Crippen LogP contribution in [-0.4, -0.2) is 22.3 Å². The number of halogens is 6. The van der Waals surface area contributed by atoms with E-state index in [0.717, 1.165) is 7.05 Å². The number of hydrogen-bond acceptors (Lipinski definition) is 3. The molecule has 0 fully saturated rings. The first-order valence-electron chi connectivity index (χ1n) is 6.26. The highest BCUT2D eigenvalue weighted by Crippen LogP contribution is 2.36. The van der Waals surface area contributed by atoms with Gasteiger partial charge in [-0.25, -0.2) is 0 Å². The lowest BCUT2D eigenvalue weighted by atomic mass is 10.2. The van der Waals surface area contributed by atoms with E-state index in [0.29, 0.717) is 4.68 Å². The minimum atomic E-state index is -4.73. The third kappa shape index (κ3) is 3.83. The van der Waals surface area contributed by atoms with Gasteiger partial charge in [-0.3, -0.25) is 9.48 Å². The monoisotopic (exact) mass is 413 g/mol. The Bertz CT molecular complexity index is 761. The van der Waals surface area contributed by atoms with Gasteiger partial charge in [-0.1, -0.05) is 12.1 Å². The number of anilines is 1. The van der Waals surface area contributed by atoms with Gasteiger partial charge in [-0.2, -0.15) is 27.1 Å². The second-order valence-corrected chi connectivity index (χ2v) is 5.25. The van der Waals surface area contributed by atoms with Gasteiger partial charge in [0.25, 0.3) is 5.91 Å². The van der Waals surface area contributed by atoms with E-state index >= 15 is 0 Å². The van der Waals surface area contributed by atoms with Crippen molar-refractivity contribution in [3.63, 3.8) is 0 Å². The van der Waals surface area contributed by atoms with Gasteiger partial charge in [-0.15, -0.1) is 0 Å². The van der Waals surface area contributed by atoms with Crippen LogP contribution in [0, 0.1) is 0 Å². The fourth-order valence-electron chi connectivity index (χ4n) is 1.90. The fraction of sp³-hybridized carbons (Fsp3) is 0.231. The first kappa shape index (κ1) is 18.2. The van der Waals surface area contributed by atoms with Crippen LogP contribution in [0.15, 0.2) is 28.7 Å². The number of nitrogens with one attached hydrogen (secondary N) is 1. The number of hydrogen-bond donors (Lipinski definition) is 1. The molecule has 0 aliphatic carbocycles. The molecule has 0 aliphatic rings. The van der Waals surface area contributed by atoms with E-state index in [1.54, 1.807) is 0 Å². The van der Waals surface area contributed by atoms with Crippen molar-refractivity contribution in [3.05, 3.63) is 40.1 Å². The summed E-state index contributed by atoms with van der Waals surface area (Å²) in [6.45, 7) is -3.12. The number of para-hydroxylation sites is 2. The van der Waals surface area contributed by atoms with Crippen molar-refractivity contribution in [1.82, 2.24) is 9.78 Å². The molecule has 11 heteroatoms. The molecular formula is C13H9BrF5N3O2. The summed E-state index contributed by atoms with van der Waals surface area (Å²) >= 11 is 2.70. The smallest absolute Gasteiger partial charge is 0.433 e. The maximum absolute atomic E-state index is 12.9. The van der Waals surface area contributed by atoms with Crippen molar-refractivity contribution in [2.45, 2.75) is 12.8 Å². The van der Waals surface area contributed by atoms with Crippen LogP contribution >= 0.6 is 15.9 Å². The summed E-state index contributed by atoms with van der Waals surface area (Å²) in [6, 6.07) is 5.27. The topological polar surface area (TPSA) is 56.2 Å². The number of carbonyl (C=O) groups excluding carboxylic acids is 1. The summed E-state index contributed by atoms with van der Waals surface area (Å²) < 4.78 is 67.5. The zero-order valence-corrected chi connectivity index (χ0v) is 13.5. The van der Waals surface area contributed by atoms with Crippen LogP contribution in [0.3, 0.4) is 0 Å². The molecule has 1 heterocycles. The maximum atomic E-state index is 12.9. The molecule has 0 saturated carbocycles. The van der Waals surface area contributed by atoms with Gasteiger partial charge in [0.1, 0.15) is 5.75 Å². The van der Waals surface area contributed by atoms with Crippen molar-refractivity contribution in [1.29, 1.82) is 0 Å². The van der Waals surface area contributed by atoms with E-state index < -0.39 is 34.6 Å². The van der Waals surface area contributed by atoms with E-state index in [2.05, 4.69) is 31.1 Å². The average molecular weight is 414 g/mol. The molecular weight excluding hydrogens is 405 g/mol. The van der Waals surface area contributed by atoms with Crippen molar-refractivity contribution in [3.8, 4) is 5.75 Å². The number of carbonyl (C=O) groups is 1. The van der Waals surface area contributed by atoms with Gasteiger partial charge >= 0.3 is 12.8 Å². The van der Waals surface area contributed by atoms with Gasteiger partial charge < -0.3 is 10.1 Å². The van der Waals surface area contributed by atoms with Gasteiger partial charge in [0, 0.05) is 7.05 Å². The Kier molecular flexibility index (Phi) is 5.11. The van der Waals surface area contributed by atoms with Crippen LogP contribution in [0.1, 0.15) is 16.2 Å². The number of alkyl halides is 5. The molecule has 2 rings (SSSR count). The minimum Gasteiger partial charge on any atom is -0.433 e. The van der Waals surface area contributed by atoms with Crippen molar-refractivity contribution in [2.75, 3.05) is 5.32 Å². The number of aryl methyl sites for hydroxylation is 1. The fourth-order valence-corrected chi connectivity index (χ4v) is 2.64. The number of aromatic nitrogens is 2. The first-order chi connectivity index (χ1) is 11.1. The van der Waals surface area contributed by atoms with Gasteiger partial charge in [-0.05, 0) is 28.1 Å². The van der Waals surface area contributed by atoms with Crippen LogP contribution in [0.5, 0.6) is 5.75 Å². The van der Waals surface area contributed by atoms with Crippen LogP contribution in [-0.2, 0) is 13.2 Å². The zero-order valence-electron chi connectivity index (χ0n) is 11.9. The van der Waals surface area contributed by atoms with E-state index in [4.69, 9.17) is 0 Å². The van der Waals surface area contributed by atoms with E-state index in [9.17, 15) is 26.7 Å². The van der Waals surface area contributed by atoms with Crippen LogP contribution < -0.4 is 10.1 Å².